The van der Waals surface area contributed by atoms with E-state index >= 15 is 0 Å². The Labute approximate surface area is 76.3 Å². The average Bonchev–Trinajstić information content (AvgIpc) is 2.62. The van der Waals surface area contributed by atoms with E-state index in [4.69, 9.17) is 10.00 Å². The van der Waals surface area contributed by atoms with Crippen LogP contribution in [0.3, 0.4) is 0 Å². The fourth-order valence-electron chi connectivity index (χ4n) is 1.89. The van der Waals surface area contributed by atoms with Gasteiger partial charge < -0.3 is 10.1 Å². The molecule has 1 atom stereocenters. The highest BCUT2D eigenvalue weighted by atomic mass is 16.6. The highest BCUT2D eigenvalue weighted by Crippen LogP contribution is 2.27. The molecule has 2 saturated heterocycles. The molecule has 0 aromatic carbocycles. The topological polar surface area (TPSA) is 65.4 Å². The molecule has 13 heavy (non-hydrogen) atoms. The van der Waals surface area contributed by atoms with Gasteiger partial charge >= 0.3 is 6.09 Å². The predicted octanol–water partition coefficient (Wildman–Crippen LogP) is -0.306. The van der Waals surface area contributed by atoms with E-state index in [-0.39, 0.29) is 11.7 Å². The third-order valence-electron chi connectivity index (χ3n) is 2.55. The van der Waals surface area contributed by atoms with Gasteiger partial charge in [-0.3, -0.25) is 4.90 Å². The second kappa shape index (κ2) is 2.89. The standard InChI is InChI=1S/C8H11N3O2/c9-2-4-11-3-1-8(6-11)5-10-7(12)13-8/h1,3-6H2,(H,10,12). The lowest BCUT2D eigenvalue weighted by Crippen LogP contribution is -2.36. The van der Waals surface area contributed by atoms with Crippen LogP contribution in [0.4, 0.5) is 4.79 Å². The van der Waals surface area contributed by atoms with Crippen molar-refractivity contribution < 1.29 is 9.53 Å². The monoisotopic (exact) mass is 181 g/mol. The summed E-state index contributed by atoms with van der Waals surface area (Å²) in [4.78, 5) is 12.9. The maximum Gasteiger partial charge on any atom is 0.407 e. The number of nitriles is 1. The maximum atomic E-state index is 10.9. The Kier molecular flexibility index (Phi) is 1.85. The summed E-state index contributed by atoms with van der Waals surface area (Å²) in [5, 5.41) is 11.1. The first-order valence-corrected chi connectivity index (χ1v) is 4.30. The van der Waals surface area contributed by atoms with Crippen LogP contribution in [-0.2, 0) is 4.74 Å². The third-order valence-corrected chi connectivity index (χ3v) is 2.55. The van der Waals surface area contributed by atoms with Gasteiger partial charge in [-0.2, -0.15) is 5.26 Å². The molecule has 2 fully saturated rings. The van der Waals surface area contributed by atoms with Gasteiger partial charge in [0.1, 0.15) is 5.60 Å². The van der Waals surface area contributed by atoms with Crippen molar-refractivity contribution in [2.24, 2.45) is 0 Å². The van der Waals surface area contributed by atoms with E-state index in [1.54, 1.807) is 0 Å². The molecule has 2 rings (SSSR count). The van der Waals surface area contributed by atoms with Crippen LogP contribution in [-0.4, -0.2) is 42.8 Å². The van der Waals surface area contributed by atoms with Gasteiger partial charge in [-0.1, -0.05) is 0 Å². The fourth-order valence-corrected chi connectivity index (χ4v) is 1.89. The number of hydrogen-bond donors (Lipinski definition) is 1. The minimum atomic E-state index is -0.353. The zero-order chi connectivity index (χ0) is 9.31. The molecule has 0 aromatic rings. The second-order valence-corrected chi connectivity index (χ2v) is 3.54. The van der Waals surface area contributed by atoms with Crippen molar-refractivity contribution in [3.63, 3.8) is 0 Å². The van der Waals surface area contributed by atoms with Crippen LogP contribution in [0, 0.1) is 11.3 Å². The molecular weight excluding hydrogens is 170 g/mol. The van der Waals surface area contributed by atoms with Crippen molar-refractivity contribution in [3.8, 4) is 6.07 Å². The smallest absolute Gasteiger partial charge is 0.407 e. The molecule has 1 unspecified atom stereocenters. The van der Waals surface area contributed by atoms with Crippen LogP contribution in [0.25, 0.3) is 0 Å². The Morgan fingerprint density at radius 2 is 2.62 bits per heavy atom. The molecule has 0 saturated carbocycles. The first kappa shape index (κ1) is 8.32. The van der Waals surface area contributed by atoms with Crippen LogP contribution >= 0.6 is 0 Å². The molecule has 0 radical (unpaired) electrons. The van der Waals surface area contributed by atoms with Crippen molar-refractivity contribution in [1.29, 1.82) is 5.26 Å². The molecule has 2 aliphatic heterocycles. The number of amides is 1. The average molecular weight is 181 g/mol. The Bertz CT molecular complexity index is 273. The zero-order valence-electron chi connectivity index (χ0n) is 7.25. The van der Waals surface area contributed by atoms with E-state index < -0.39 is 0 Å². The number of likely N-dealkylation sites (tertiary alicyclic amines) is 1. The molecule has 5 heteroatoms. The summed E-state index contributed by atoms with van der Waals surface area (Å²) in [6.45, 7) is 2.51. The largest absolute Gasteiger partial charge is 0.440 e. The minimum Gasteiger partial charge on any atom is -0.440 e. The molecule has 1 amide bonds. The zero-order valence-corrected chi connectivity index (χ0v) is 7.25. The molecule has 5 nitrogen and oxygen atoms in total. The first-order valence-electron chi connectivity index (χ1n) is 4.30. The lowest BCUT2D eigenvalue weighted by atomic mass is 10.0. The second-order valence-electron chi connectivity index (χ2n) is 3.54. The van der Waals surface area contributed by atoms with Crippen LogP contribution in [0.15, 0.2) is 0 Å². The molecule has 70 valence electrons. The van der Waals surface area contributed by atoms with Gasteiger partial charge in [-0.15, -0.1) is 0 Å². The number of carbonyl (C=O) groups is 1. The van der Waals surface area contributed by atoms with Crippen LogP contribution < -0.4 is 5.32 Å². The Hall–Kier alpha value is -1.28. The highest BCUT2D eigenvalue weighted by Gasteiger charge is 2.45. The fraction of sp³-hybridized carbons (Fsp3) is 0.750. The number of rotatable bonds is 1. The molecular formula is C8H11N3O2. The van der Waals surface area contributed by atoms with Crippen molar-refractivity contribution >= 4 is 6.09 Å². The number of nitrogens with zero attached hydrogens (tertiary/aromatic N) is 2. The van der Waals surface area contributed by atoms with E-state index in [2.05, 4.69) is 11.4 Å². The highest BCUT2D eigenvalue weighted by molar-refractivity contribution is 5.70. The van der Waals surface area contributed by atoms with Gasteiger partial charge in [-0.05, 0) is 0 Å². The molecule has 2 heterocycles. The van der Waals surface area contributed by atoms with Crippen molar-refractivity contribution in [3.05, 3.63) is 0 Å². The van der Waals surface area contributed by atoms with Crippen LogP contribution in [0.2, 0.25) is 0 Å². The van der Waals surface area contributed by atoms with Gasteiger partial charge in [0, 0.05) is 19.5 Å². The Morgan fingerprint density at radius 1 is 1.77 bits per heavy atom. The van der Waals surface area contributed by atoms with E-state index in [0.717, 1.165) is 13.0 Å². The molecule has 0 bridgehead atoms. The summed E-state index contributed by atoms with van der Waals surface area (Å²) in [6.07, 6.45) is 0.492. The summed E-state index contributed by atoms with van der Waals surface area (Å²) >= 11 is 0. The normalized spacial score (nSPS) is 33.0. The summed E-state index contributed by atoms with van der Waals surface area (Å²) in [5.74, 6) is 0. The molecule has 1 spiro atoms. The van der Waals surface area contributed by atoms with Gasteiger partial charge in [0.15, 0.2) is 0 Å². The van der Waals surface area contributed by atoms with Gasteiger partial charge in [-0.25, -0.2) is 4.79 Å². The van der Waals surface area contributed by atoms with Crippen LogP contribution in [0.1, 0.15) is 6.42 Å². The summed E-state index contributed by atoms with van der Waals surface area (Å²) in [6, 6.07) is 2.09. The quantitative estimate of drug-likeness (QED) is 0.564. The van der Waals surface area contributed by atoms with Gasteiger partial charge in [0.25, 0.3) is 0 Å². The lowest BCUT2D eigenvalue weighted by Gasteiger charge is -2.19. The molecule has 2 aliphatic rings. The van der Waals surface area contributed by atoms with E-state index in [1.807, 2.05) is 4.90 Å². The van der Waals surface area contributed by atoms with Crippen molar-refractivity contribution in [2.45, 2.75) is 12.0 Å². The SMILES string of the molecule is N#CCN1CCC2(CNC(=O)O2)C1. The third kappa shape index (κ3) is 1.45. The number of ether oxygens (including phenoxy) is 1. The Morgan fingerprint density at radius 3 is 3.23 bits per heavy atom. The number of alkyl carbamates (subject to hydrolysis) is 1. The number of carbonyl (C=O) groups excluding carboxylic acids is 1. The lowest BCUT2D eigenvalue weighted by molar-refractivity contribution is 0.0647. The van der Waals surface area contributed by atoms with E-state index in [0.29, 0.717) is 19.6 Å². The van der Waals surface area contributed by atoms with E-state index in [1.165, 1.54) is 0 Å². The van der Waals surface area contributed by atoms with Gasteiger partial charge in [0.2, 0.25) is 0 Å². The maximum absolute atomic E-state index is 10.9. The number of nitrogens with one attached hydrogen (secondary N) is 1. The minimum absolute atomic E-state index is 0.334. The van der Waals surface area contributed by atoms with Crippen LogP contribution in [0.5, 0.6) is 0 Å². The Balaban J connectivity index is 1.97. The predicted molar refractivity (Wildman–Crippen MR) is 43.9 cm³/mol. The molecule has 0 aliphatic carbocycles. The summed E-state index contributed by atoms with van der Waals surface area (Å²) in [5.41, 5.74) is -0.353. The molecule has 1 N–H and O–H groups in total. The number of hydrogen-bond acceptors (Lipinski definition) is 4. The van der Waals surface area contributed by atoms with E-state index in [9.17, 15) is 4.79 Å². The molecule has 0 aromatic heterocycles. The van der Waals surface area contributed by atoms with Gasteiger partial charge in [0.05, 0.1) is 19.2 Å². The summed E-state index contributed by atoms with van der Waals surface area (Å²) < 4.78 is 5.19. The summed E-state index contributed by atoms with van der Waals surface area (Å²) in [7, 11) is 0. The van der Waals surface area contributed by atoms with Crippen molar-refractivity contribution in [1.82, 2.24) is 10.2 Å². The van der Waals surface area contributed by atoms with Crippen molar-refractivity contribution in [2.75, 3.05) is 26.2 Å². The first-order chi connectivity index (χ1) is 6.24.